The molecule has 1 aromatic carbocycles. The number of benzene rings is 1. The van der Waals surface area contributed by atoms with E-state index in [-0.39, 0.29) is 0 Å². The molecule has 1 saturated heterocycles. The molecule has 20 heavy (non-hydrogen) atoms. The molecule has 1 fully saturated rings. The van der Waals surface area contributed by atoms with E-state index in [2.05, 4.69) is 31.9 Å². The Morgan fingerprint density at radius 1 is 1.25 bits per heavy atom. The van der Waals surface area contributed by atoms with E-state index in [1.165, 1.54) is 17.2 Å². The summed E-state index contributed by atoms with van der Waals surface area (Å²) >= 11 is 7.11. The van der Waals surface area contributed by atoms with Crippen molar-refractivity contribution in [2.24, 2.45) is 0 Å². The van der Waals surface area contributed by atoms with Gasteiger partial charge in [0.15, 0.2) is 0 Å². The molecule has 0 amide bonds. The summed E-state index contributed by atoms with van der Waals surface area (Å²) in [5.74, 6) is 0.813. The number of piperazine rings is 1. The van der Waals surface area contributed by atoms with Gasteiger partial charge in [-0.15, -0.1) is 5.10 Å². The molecule has 0 aliphatic carbocycles. The third-order valence-electron chi connectivity index (χ3n) is 3.20. The van der Waals surface area contributed by atoms with Gasteiger partial charge in [0, 0.05) is 43.4 Å². The van der Waals surface area contributed by atoms with Crippen LogP contribution < -0.4 is 15.0 Å². The Hall–Kier alpha value is -1.37. The van der Waals surface area contributed by atoms with Crippen LogP contribution in [0, 0.1) is 0 Å². The van der Waals surface area contributed by atoms with Crippen molar-refractivity contribution in [3.8, 4) is 5.75 Å². The van der Waals surface area contributed by atoms with Crippen molar-refractivity contribution >= 4 is 28.8 Å². The van der Waals surface area contributed by atoms with Crippen molar-refractivity contribution in [3.63, 3.8) is 0 Å². The highest BCUT2D eigenvalue weighted by Crippen LogP contribution is 2.22. The van der Waals surface area contributed by atoms with Gasteiger partial charge in [0.05, 0.1) is 0 Å². The monoisotopic (exact) mass is 310 g/mol. The summed E-state index contributed by atoms with van der Waals surface area (Å²) in [7, 11) is 0. The highest BCUT2D eigenvalue weighted by molar-refractivity contribution is 7.10. The number of nitrogens with zero attached hydrogens (tertiary/aromatic N) is 3. The summed E-state index contributed by atoms with van der Waals surface area (Å²) in [6, 6.07) is 8.12. The largest absolute Gasteiger partial charge is 0.487 e. The SMILES string of the molecule is Clc1snnc1COc1ccc(N2CCNCC2)cc1. The Kier molecular flexibility index (Phi) is 4.34. The predicted molar refractivity (Wildman–Crippen MR) is 80.8 cm³/mol. The van der Waals surface area contributed by atoms with E-state index >= 15 is 0 Å². The summed E-state index contributed by atoms with van der Waals surface area (Å²) < 4.78 is 10.0. The first kappa shape index (κ1) is 13.6. The number of aromatic nitrogens is 2. The first-order valence-corrected chi connectivity index (χ1v) is 7.63. The lowest BCUT2D eigenvalue weighted by atomic mass is 10.2. The third kappa shape index (κ3) is 3.20. The van der Waals surface area contributed by atoms with E-state index in [1.807, 2.05) is 12.1 Å². The molecular weight excluding hydrogens is 296 g/mol. The highest BCUT2D eigenvalue weighted by Gasteiger charge is 2.10. The lowest BCUT2D eigenvalue weighted by Crippen LogP contribution is -2.43. The Bertz CT molecular complexity index is 554. The van der Waals surface area contributed by atoms with Crippen molar-refractivity contribution in [2.45, 2.75) is 6.61 Å². The average Bonchev–Trinajstić information content (AvgIpc) is 2.92. The number of nitrogens with one attached hydrogen (secondary N) is 1. The van der Waals surface area contributed by atoms with E-state index in [0.717, 1.165) is 31.9 Å². The normalized spacial score (nSPS) is 15.3. The van der Waals surface area contributed by atoms with Gasteiger partial charge in [-0.05, 0) is 24.3 Å². The fraction of sp³-hybridized carbons (Fsp3) is 0.385. The van der Waals surface area contributed by atoms with Crippen molar-refractivity contribution in [1.82, 2.24) is 14.9 Å². The molecule has 1 aliphatic heterocycles. The van der Waals surface area contributed by atoms with Gasteiger partial charge >= 0.3 is 0 Å². The van der Waals surface area contributed by atoms with Gasteiger partial charge in [-0.25, -0.2) is 0 Å². The molecule has 0 unspecified atom stereocenters. The lowest BCUT2D eigenvalue weighted by Gasteiger charge is -2.29. The minimum absolute atomic E-state index is 0.350. The molecule has 0 spiro atoms. The zero-order valence-electron chi connectivity index (χ0n) is 10.9. The molecule has 3 rings (SSSR count). The second-order valence-corrected chi connectivity index (χ2v) is 5.87. The molecule has 1 aliphatic rings. The van der Waals surface area contributed by atoms with Gasteiger partial charge in [0.2, 0.25) is 0 Å². The van der Waals surface area contributed by atoms with Gasteiger partial charge < -0.3 is 15.0 Å². The third-order valence-corrected chi connectivity index (χ3v) is 4.19. The zero-order valence-corrected chi connectivity index (χ0v) is 12.5. The highest BCUT2D eigenvalue weighted by atomic mass is 35.5. The summed E-state index contributed by atoms with van der Waals surface area (Å²) in [4.78, 5) is 2.36. The molecule has 7 heteroatoms. The second kappa shape index (κ2) is 6.39. The molecule has 1 aromatic heterocycles. The second-order valence-electron chi connectivity index (χ2n) is 4.51. The van der Waals surface area contributed by atoms with Crippen LogP contribution in [-0.2, 0) is 6.61 Å². The number of anilines is 1. The maximum atomic E-state index is 5.93. The van der Waals surface area contributed by atoms with Crippen molar-refractivity contribution in [1.29, 1.82) is 0 Å². The first-order valence-electron chi connectivity index (χ1n) is 6.48. The molecule has 0 bridgehead atoms. The van der Waals surface area contributed by atoms with Crippen molar-refractivity contribution in [3.05, 3.63) is 34.3 Å². The van der Waals surface area contributed by atoms with Crippen LogP contribution in [0.2, 0.25) is 4.34 Å². The van der Waals surface area contributed by atoms with Gasteiger partial charge in [-0.3, -0.25) is 0 Å². The van der Waals surface area contributed by atoms with Crippen LogP contribution in [0.5, 0.6) is 5.75 Å². The van der Waals surface area contributed by atoms with E-state index in [9.17, 15) is 0 Å². The molecule has 2 aromatic rings. The lowest BCUT2D eigenvalue weighted by molar-refractivity contribution is 0.301. The van der Waals surface area contributed by atoms with E-state index in [1.54, 1.807) is 0 Å². The minimum atomic E-state index is 0.350. The van der Waals surface area contributed by atoms with Crippen molar-refractivity contribution < 1.29 is 4.74 Å². The molecule has 0 saturated carbocycles. The van der Waals surface area contributed by atoms with Gasteiger partial charge in [0.1, 0.15) is 22.4 Å². The molecule has 0 atom stereocenters. The van der Waals surface area contributed by atoms with E-state index in [4.69, 9.17) is 16.3 Å². The molecule has 0 radical (unpaired) electrons. The zero-order chi connectivity index (χ0) is 13.8. The Morgan fingerprint density at radius 3 is 2.65 bits per heavy atom. The van der Waals surface area contributed by atoms with E-state index in [0.29, 0.717) is 16.6 Å². The van der Waals surface area contributed by atoms with Crippen LogP contribution in [0.15, 0.2) is 24.3 Å². The Labute approximate surface area is 126 Å². The number of hydrogen-bond acceptors (Lipinski definition) is 6. The van der Waals surface area contributed by atoms with Crippen LogP contribution in [0.25, 0.3) is 0 Å². The predicted octanol–water partition coefficient (Wildman–Crippen LogP) is 2.18. The first-order chi connectivity index (χ1) is 9.83. The molecule has 106 valence electrons. The summed E-state index contributed by atoms with van der Waals surface area (Å²) in [6.07, 6.45) is 0. The summed E-state index contributed by atoms with van der Waals surface area (Å²) in [5, 5.41) is 7.26. The maximum Gasteiger partial charge on any atom is 0.141 e. The van der Waals surface area contributed by atoms with Crippen LogP contribution in [-0.4, -0.2) is 35.8 Å². The molecule has 5 nitrogen and oxygen atoms in total. The number of halogens is 1. The van der Waals surface area contributed by atoms with Crippen LogP contribution >= 0.6 is 23.1 Å². The summed E-state index contributed by atoms with van der Waals surface area (Å²) in [6.45, 7) is 4.50. The molecule has 1 N–H and O–H groups in total. The maximum absolute atomic E-state index is 5.93. The number of rotatable bonds is 4. The minimum Gasteiger partial charge on any atom is -0.487 e. The van der Waals surface area contributed by atoms with Gasteiger partial charge in [-0.1, -0.05) is 16.1 Å². The van der Waals surface area contributed by atoms with Crippen LogP contribution in [0.3, 0.4) is 0 Å². The van der Waals surface area contributed by atoms with Crippen LogP contribution in [0.4, 0.5) is 5.69 Å². The fourth-order valence-electron chi connectivity index (χ4n) is 2.11. The molecule has 2 heterocycles. The Balaban J connectivity index is 1.59. The average molecular weight is 311 g/mol. The number of hydrogen-bond donors (Lipinski definition) is 1. The number of ether oxygens (including phenoxy) is 1. The molecular formula is C13H15ClN4OS. The smallest absolute Gasteiger partial charge is 0.141 e. The van der Waals surface area contributed by atoms with E-state index < -0.39 is 0 Å². The van der Waals surface area contributed by atoms with Gasteiger partial charge in [-0.2, -0.15) is 0 Å². The van der Waals surface area contributed by atoms with Crippen LogP contribution in [0.1, 0.15) is 5.69 Å². The van der Waals surface area contributed by atoms with Crippen molar-refractivity contribution in [2.75, 3.05) is 31.1 Å². The standard InChI is InChI=1S/C13H15ClN4OS/c14-13-12(16-17-20-13)9-19-11-3-1-10(2-4-11)18-7-5-15-6-8-18/h1-4,15H,5-9H2. The summed E-state index contributed by atoms with van der Waals surface area (Å²) in [5.41, 5.74) is 1.91. The quantitative estimate of drug-likeness (QED) is 0.938. The fourth-order valence-corrected chi connectivity index (χ4v) is 2.71. The topological polar surface area (TPSA) is 50.3 Å². The van der Waals surface area contributed by atoms with Gasteiger partial charge in [0.25, 0.3) is 0 Å². The Morgan fingerprint density at radius 2 is 2.00 bits per heavy atom.